The van der Waals surface area contributed by atoms with Crippen LogP contribution >= 0.6 is 11.3 Å². The third kappa shape index (κ3) is 4.24. The minimum atomic E-state index is -0.273. The van der Waals surface area contributed by atoms with Gasteiger partial charge in [-0.2, -0.15) is 0 Å². The maximum atomic E-state index is 12.7. The first-order valence-corrected chi connectivity index (χ1v) is 10.5. The van der Waals surface area contributed by atoms with Gasteiger partial charge in [0.05, 0.1) is 11.5 Å². The van der Waals surface area contributed by atoms with Crippen molar-refractivity contribution in [1.29, 1.82) is 0 Å². The average Bonchev–Trinajstić information content (AvgIpc) is 3.08. The van der Waals surface area contributed by atoms with Crippen molar-refractivity contribution in [3.05, 3.63) is 45.8 Å². The van der Waals surface area contributed by atoms with E-state index >= 15 is 0 Å². The number of aliphatic hydroxyl groups excluding tert-OH is 1. The number of nitrogens with one attached hydrogen (secondary N) is 1. The largest absolute Gasteiger partial charge is 0.392 e. The number of aryl methyl sites for hydroxylation is 1. The summed E-state index contributed by atoms with van der Waals surface area (Å²) in [5, 5.41) is 13.3. The number of nitrogens with zero attached hydrogens (tertiary/aromatic N) is 3. The van der Waals surface area contributed by atoms with Gasteiger partial charge in [-0.3, -0.25) is 14.5 Å². The fraction of sp³-hybridized carbons (Fsp3) is 0.381. The van der Waals surface area contributed by atoms with Gasteiger partial charge in [0, 0.05) is 54.6 Å². The Kier molecular flexibility index (Phi) is 5.49. The molecular formula is C21H24N4O3S. The SMILES string of the molecule is CC(=O)Nc1cc(-c2cn(C)c(=O)c3cc(CN4CCC[C@@H](O)C4)sc23)ccn1. The molecule has 1 fully saturated rings. The number of anilines is 1. The zero-order valence-electron chi connectivity index (χ0n) is 16.5. The lowest BCUT2D eigenvalue weighted by atomic mass is 10.1. The van der Waals surface area contributed by atoms with Crippen molar-refractivity contribution in [3.8, 4) is 11.1 Å². The third-order valence-electron chi connectivity index (χ3n) is 5.14. The summed E-state index contributed by atoms with van der Waals surface area (Å²) >= 11 is 1.61. The second-order valence-corrected chi connectivity index (χ2v) is 8.69. The zero-order valence-corrected chi connectivity index (χ0v) is 17.3. The van der Waals surface area contributed by atoms with Gasteiger partial charge in [-0.15, -0.1) is 11.3 Å². The van der Waals surface area contributed by atoms with Crippen molar-refractivity contribution in [2.75, 3.05) is 18.4 Å². The number of carbonyl (C=O) groups excluding carboxylic acids is 1. The van der Waals surface area contributed by atoms with Crippen LogP contribution in [0, 0.1) is 0 Å². The maximum absolute atomic E-state index is 12.7. The van der Waals surface area contributed by atoms with Crippen LogP contribution in [0.25, 0.3) is 21.2 Å². The normalized spacial score (nSPS) is 17.6. The number of hydrogen-bond acceptors (Lipinski definition) is 6. The highest BCUT2D eigenvalue weighted by Crippen LogP contribution is 2.34. The molecular weight excluding hydrogens is 388 g/mol. The lowest BCUT2D eigenvalue weighted by Gasteiger charge is -2.29. The molecule has 0 aliphatic carbocycles. The van der Waals surface area contributed by atoms with Gasteiger partial charge < -0.3 is 15.0 Å². The summed E-state index contributed by atoms with van der Waals surface area (Å²) in [6, 6.07) is 5.68. The Bertz CT molecular complexity index is 1120. The summed E-state index contributed by atoms with van der Waals surface area (Å²) in [7, 11) is 1.75. The fourth-order valence-corrected chi connectivity index (χ4v) is 5.05. The molecule has 4 heterocycles. The zero-order chi connectivity index (χ0) is 20.5. The van der Waals surface area contributed by atoms with Gasteiger partial charge in [-0.05, 0) is 43.1 Å². The number of piperidine rings is 1. The Morgan fingerprint density at radius 3 is 3.00 bits per heavy atom. The van der Waals surface area contributed by atoms with Crippen LogP contribution in [0.2, 0.25) is 0 Å². The topological polar surface area (TPSA) is 87.5 Å². The molecule has 1 aliphatic rings. The predicted molar refractivity (Wildman–Crippen MR) is 115 cm³/mol. The number of aromatic nitrogens is 2. The molecule has 0 bridgehead atoms. The van der Waals surface area contributed by atoms with E-state index in [0.717, 1.165) is 46.6 Å². The van der Waals surface area contributed by atoms with Crippen LogP contribution in [0.15, 0.2) is 35.4 Å². The van der Waals surface area contributed by atoms with E-state index in [2.05, 4.69) is 15.2 Å². The van der Waals surface area contributed by atoms with E-state index in [1.165, 1.54) is 6.92 Å². The predicted octanol–water partition coefficient (Wildman–Crippen LogP) is 2.58. The van der Waals surface area contributed by atoms with Crippen LogP contribution in [-0.2, 0) is 18.4 Å². The van der Waals surface area contributed by atoms with Crippen LogP contribution in [0.5, 0.6) is 0 Å². The molecule has 0 saturated carbocycles. The third-order valence-corrected chi connectivity index (χ3v) is 6.29. The quantitative estimate of drug-likeness (QED) is 0.688. The van der Waals surface area contributed by atoms with Crippen LogP contribution in [0.1, 0.15) is 24.6 Å². The van der Waals surface area contributed by atoms with Gasteiger partial charge in [-0.25, -0.2) is 4.98 Å². The standard InChI is InChI=1S/C21H24N4O3S/c1-13(26)23-19-8-14(5-6-22-19)18-12-24(2)21(28)17-9-16(29-20(17)18)11-25-7-3-4-15(27)10-25/h5-6,8-9,12,15,27H,3-4,7,10-11H2,1-2H3,(H,22,23,26)/t15-/m1/s1. The summed E-state index contributed by atoms with van der Waals surface area (Å²) < 4.78 is 2.53. The first-order chi connectivity index (χ1) is 13.9. The molecule has 0 aromatic carbocycles. The van der Waals surface area contributed by atoms with Gasteiger partial charge in [0.1, 0.15) is 5.82 Å². The molecule has 1 aliphatic heterocycles. The van der Waals surface area contributed by atoms with E-state index in [0.29, 0.717) is 17.7 Å². The minimum absolute atomic E-state index is 0.0268. The van der Waals surface area contributed by atoms with Crippen LogP contribution in [-0.4, -0.2) is 44.7 Å². The lowest BCUT2D eigenvalue weighted by Crippen LogP contribution is -2.37. The van der Waals surface area contributed by atoms with Gasteiger partial charge in [-0.1, -0.05) is 0 Å². The summed E-state index contributed by atoms with van der Waals surface area (Å²) in [4.78, 5) is 31.6. The first-order valence-electron chi connectivity index (χ1n) is 9.67. The van der Waals surface area contributed by atoms with Crippen LogP contribution in [0.3, 0.4) is 0 Å². The molecule has 1 saturated heterocycles. The van der Waals surface area contributed by atoms with Crippen molar-refractivity contribution in [1.82, 2.24) is 14.5 Å². The molecule has 1 amide bonds. The number of amides is 1. The monoisotopic (exact) mass is 412 g/mol. The first kappa shape index (κ1) is 19.8. The Labute approximate surface area is 172 Å². The number of pyridine rings is 2. The molecule has 3 aromatic heterocycles. The number of carbonyl (C=O) groups is 1. The summed E-state index contributed by atoms with van der Waals surface area (Å²) in [5.41, 5.74) is 1.80. The van der Waals surface area contributed by atoms with Gasteiger partial charge in [0.15, 0.2) is 0 Å². The van der Waals surface area contributed by atoms with E-state index in [-0.39, 0.29) is 17.6 Å². The van der Waals surface area contributed by atoms with E-state index in [4.69, 9.17) is 0 Å². The smallest absolute Gasteiger partial charge is 0.259 e. The van der Waals surface area contributed by atoms with E-state index < -0.39 is 0 Å². The lowest BCUT2D eigenvalue weighted by molar-refractivity contribution is -0.114. The molecule has 2 N–H and O–H groups in total. The second-order valence-electron chi connectivity index (χ2n) is 7.56. The Hall–Kier alpha value is -2.55. The van der Waals surface area contributed by atoms with Crippen LogP contribution < -0.4 is 10.9 Å². The van der Waals surface area contributed by atoms with Gasteiger partial charge in [0.2, 0.25) is 5.91 Å². The molecule has 152 valence electrons. The molecule has 0 unspecified atom stereocenters. The summed E-state index contributed by atoms with van der Waals surface area (Å²) in [6.45, 7) is 3.80. The molecule has 3 aromatic rings. The molecule has 7 nitrogen and oxygen atoms in total. The number of β-amino-alcohol motifs (C(OH)–C–C–N with tert-alkyl or cyclic N) is 1. The number of thiophene rings is 1. The second kappa shape index (κ2) is 8.06. The van der Waals surface area contributed by atoms with Gasteiger partial charge in [0.25, 0.3) is 5.56 Å². The molecule has 1 atom stereocenters. The highest BCUT2D eigenvalue weighted by molar-refractivity contribution is 7.19. The molecule has 0 radical (unpaired) electrons. The Morgan fingerprint density at radius 2 is 2.24 bits per heavy atom. The number of likely N-dealkylation sites (tertiary alicyclic amines) is 1. The highest BCUT2D eigenvalue weighted by atomic mass is 32.1. The van der Waals surface area contributed by atoms with Crippen molar-refractivity contribution >= 4 is 33.1 Å². The number of rotatable bonds is 4. The van der Waals surface area contributed by atoms with Crippen molar-refractivity contribution in [2.24, 2.45) is 7.05 Å². The van der Waals surface area contributed by atoms with Crippen molar-refractivity contribution in [3.63, 3.8) is 0 Å². The number of fused-ring (bicyclic) bond motifs is 1. The minimum Gasteiger partial charge on any atom is -0.392 e. The molecule has 29 heavy (non-hydrogen) atoms. The molecule has 8 heteroatoms. The van der Waals surface area contributed by atoms with E-state index in [1.54, 1.807) is 29.1 Å². The Morgan fingerprint density at radius 1 is 1.41 bits per heavy atom. The number of aliphatic hydroxyl groups is 1. The highest BCUT2D eigenvalue weighted by Gasteiger charge is 2.20. The summed E-state index contributed by atoms with van der Waals surface area (Å²) in [5.74, 6) is 0.304. The number of hydrogen-bond donors (Lipinski definition) is 2. The van der Waals surface area contributed by atoms with Gasteiger partial charge >= 0.3 is 0 Å². The summed E-state index contributed by atoms with van der Waals surface area (Å²) in [6.07, 6.45) is 5.06. The maximum Gasteiger partial charge on any atom is 0.259 e. The Balaban J connectivity index is 1.75. The molecule has 4 rings (SSSR count). The molecule has 0 spiro atoms. The van der Waals surface area contributed by atoms with Crippen molar-refractivity contribution < 1.29 is 9.90 Å². The van der Waals surface area contributed by atoms with Crippen LogP contribution in [0.4, 0.5) is 5.82 Å². The van der Waals surface area contributed by atoms with E-state index in [1.807, 2.05) is 24.4 Å². The fourth-order valence-electron chi connectivity index (χ4n) is 3.83. The van der Waals surface area contributed by atoms with Crippen molar-refractivity contribution in [2.45, 2.75) is 32.4 Å². The van der Waals surface area contributed by atoms with E-state index in [9.17, 15) is 14.7 Å². The average molecular weight is 413 g/mol.